The van der Waals surface area contributed by atoms with Crippen molar-refractivity contribution in [3.8, 4) is 0 Å². The fourth-order valence-corrected chi connectivity index (χ4v) is 2.27. The topological polar surface area (TPSA) is 92.9 Å². The number of nitrogens with one attached hydrogen (secondary N) is 2. The maximum Gasteiger partial charge on any atom is 0.239 e. The van der Waals surface area contributed by atoms with Gasteiger partial charge in [0.2, 0.25) is 11.9 Å². The van der Waals surface area contributed by atoms with E-state index in [0.717, 1.165) is 16.6 Å². The summed E-state index contributed by atoms with van der Waals surface area (Å²) in [7, 11) is 0. The number of thiophene rings is 1. The number of anilines is 2. The van der Waals surface area contributed by atoms with Gasteiger partial charge in [0.25, 0.3) is 0 Å². The van der Waals surface area contributed by atoms with Gasteiger partial charge < -0.3 is 16.4 Å². The Morgan fingerprint density at radius 3 is 3.11 bits per heavy atom. The maximum absolute atomic E-state index is 11.5. The Bertz CT molecular complexity index is 553. The second kappa shape index (κ2) is 5.63. The van der Waals surface area contributed by atoms with Crippen LogP contribution >= 0.6 is 11.3 Å². The molecule has 0 spiro atoms. The molecule has 1 amide bonds. The van der Waals surface area contributed by atoms with E-state index in [1.165, 1.54) is 11.3 Å². The van der Waals surface area contributed by atoms with E-state index in [0.29, 0.717) is 12.4 Å². The molecule has 0 bridgehead atoms. The molecule has 6 nitrogen and oxygen atoms in total. The summed E-state index contributed by atoms with van der Waals surface area (Å²) >= 11 is 1.49. The van der Waals surface area contributed by atoms with Crippen LogP contribution in [0.25, 0.3) is 10.2 Å². The van der Waals surface area contributed by atoms with Gasteiger partial charge in [0.15, 0.2) is 0 Å². The van der Waals surface area contributed by atoms with Crippen molar-refractivity contribution < 1.29 is 4.79 Å². The van der Waals surface area contributed by atoms with Gasteiger partial charge in [-0.05, 0) is 17.9 Å². The molecule has 4 N–H and O–H groups in total. The molecule has 2 aromatic heterocycles. The van der Waals surface area contributed by atoms with E-state index >= 15 is 0 Å². The summed E-state index contributed by atoms with van der Waals surface area (Å²) in [6, 6.07) is 1.91. The van der Waals surface area contributed by atoms with Crippen LogP contribution in [-0.2, 0) is 4.79 Å². The number of hydrogen-bond donors (Lipinski definition) is 3. The van der Waals surface area contributed by atoms with E-state index < -0.39 is 0 Å². The van der Waals surface area contributed by atoms with Crippen molar-refractivity contribution >= 4 is 39.2 Å². The summed E-state index contributed by atoms with van der Waals surface area (Å²) in [5, 5.41) is 8.58. The molecule has 0 fully saturated rings. The summed E-state index contributed by atoms with van der Waals surface area (Å²) in [6.07, 6.45) is 0.918. The number of carbonyl (C=O) groups is 1. The standard InChI is InChI=1S/C11H15N5OS/c1-2-4-13-8(17)6-14-9-7-3-5-18-10(7)16-11(12)15-9/h3,5H,2,4,6H2,1H3,(H,13,17)(H3,12,14,15,16). The highest BCUT2D eigenvalue weighted by molar-refractivity contribution is 7.16. The molecule has 18 heavy (non-hydrogen) atoms. The first-order valence-electron chi connectivity index (χ1n) is 5.72. The van der Waals surface area contributed by atoms with Gasteiger partial charge in [-0.25, -0.2) is 4.98 Å². The van der Waals surface area contributed by atoms with Crippen LogP contribution in [0, 0.1) is 0 Å². The van der Waals surface area contributed by atoms with E-state index in [1.54, 1.807) is 0 Å². The van der Waals surface area contributed by atoms with Crippen molar-refractivity contribution in [2.45, 2.75) is 13.3 Å². The predicted molar refractivity (Wildman–Crippen MR) is 73.6 cm³/mol. The van der Waals surface area contributed by atoms with Gasteiger partial charge in [-0.1, -0.05) is 6.92 Å². The highest BCUT2D eigenvalue weighted by Gasteiger charge is 2.08. The Balaban J connectivity index is 2.07. The molecule has 2 heterocycles. The average molecular weight is 265 g/mol. The highest BCUT2D eigenvalue weighted by Crippen LogP contribution is 2.25. The number of rotatable bonds is 5. The molecule has 7 heteroatoms. The normalized spacial score (nSPS) is 10.5. The number of aromatic nitrogens is 2. The third-order valence-electron chi connectivity index (χ3n) is 2.33. The Hall–Kier alpha value is -1.89. The molecule has 2 aromatic rings. The fourth-order valence-electron chi connectivity index (χ4n) is 1.50. The lowest BCUT2D eigenvalue weighted by Crippen LogP contribution is -2.30. The molecule has 0 aliphatic rings. The van der Waals surface area contributed by atoms with Crippen molar-refractivity contribution in [3.05, 3.63) is 11.4 Å². The Labute approximate surface area is 109 Å². The number of nitrogens with zero attached hydrogens (tertiary/aromatic N) is 2. The summed E-state index contributed by atoms with van der Waals surface area (Å²) in [5.41, 5.74) is 5.61. The van der Waals surface area contributed by atoms with Crippen LogP contribution in [0.1, 0.15) is 13.3 Å². The van der Waals surface area contributed by atoms with Crippen molar-refractivity contribution in [2.24, 2.45) is 0 Å². The Morgan fingerprint density at radius 1 is 1.50 bits per heavy atom. The largest absolute Gasteiger partial charge is 0.368 e. The first kappa shape index (κ1) is 12.6. The minimum atomic E-state index is -0.0580. The number of hydrogen-bond acceptors (Lipinski definition) is 6. The van der Waals surface area contributed by atoms with Gasteiger partial charge in [0.05, 0.1) is 11.9 Å². The van der Waals surface area contributed by atoms with Gasteiger partial charge in [-0.2, -0.15) is 4.98 Å². The lowest BCUT2D eigenvalue weighted by Gasteiger charge is -2.07. The molecular weight excluding hydrogens is 250 g/mol. The smallest absolute Gasteiger partial charge is 0.239 e. The molecule has 0 unspecified atom stereocenters. The van der Waals surface area contributed by atoms with Gasteiger partial charge in [0, 0.05) is 6.54 Å². The van der Waals surface area contributed by atoms with Crippen LogP contribution in [0.4, 0.5) is 11.8 Å². The first-order chi connectivity index (χ1) is 8.70. The lowest BCUT2D eigenvalue weighted by molar-refractivity contribution is -0.119. The molecular formula is C11H15N5OS. The van der Waals surface area contributed by atoms with Crippen molar-refractivity contribution in [2.75, 3.05) is 24.1 Å². The number of carbonyl (C=O) groups excluding carboxylic acids is 1. The van der Waals surface area contributed by atoms with Gasteiger partial charge in [-0.15, -0.1) is 11.3 Å². The minimum Gasteiger partial charge on any atom is -0.368 e. The van der Waals surface area contributed by atoms with Crippen molar-refractivity contribution in [1.82, 2.24) is 15.3 Å². The molecule has 0 atom stereocenters. The van der Waals surface area contributed by atoms with Crippen LogP contribution < -0.4 is 16.4 Å². The summed E-state index contributed by atoms with van der Waals surface area (Å²) in [4.78, 5) is 20.5. The SMILES string of the molecule is CCCNC(=O)CNc1nc(N)nc2sccc12. The number of nitrogen functional groups attached to an aromatic ring is 1. The van der Waals surface area contributed by atoms with Crippen LogP contribution in [0.15, 0.2) is 11.4 Å². The molecule has 0 saturated carbocycles. The molecule has 2 rings (SSSR count). The number of amides is 1. The molecule has 96 valence electrons. The van der Waals surface area contributed by atoms with Gasteiger partial charge in [0.1, 0.15) is 10.6 Å². The predicted octanol–water partition coefficient (Wildman–Crippen LogP) is 1.21. The summed E-state index contributed by atoms with van der Waals surface area (Å²) < 4.78 is 0. The number of nitrogens with two attached hydrogens (primary N) is 1. The monoisotopic (exact) mass is 265 g/mol. The second-order valence-corrected chi connectivity index (χ2v) is 4.67. The molecule has 0 aromatic carbocycles. The van der Waals surface area contributed by atoms with E-state index in [1.807, 2.05) is 18.4 Å². The van der Waals surface area contributed by atoms with Crippen LogP contribution in [0.3, 0.4) is 0 Å². The highest BCUT2D eigenvalue weighted by atomic mass is 32.1. The zero-order valence-electron chi connectivity index (χ0n) is 10.1. The van der Waals surface area contributed by atoms with Crippen molar-refractivity contribution in [3.63, 3.8) is 0 Å². The van der Waals surface area contributed by atoms with Gasteiger partial charge in [-0.3, -0.25) is 4.79 Å². The third kappa shape index (κ3) is 2.86. The summed E-state index contributed by atoms with van der Waals surface area (Å²) in [6.45, 7) is 2.87. The maximum atomic E-state index is 11.5. The molecule has 0 aliphatic heterocycles. The third-order valence-corrected chi connectivity index (χ3v) is 3.14. The zero-order chi connectivity index (χ0) is 13.0. The average Bonchev–Trinajstić information content (AvgIpc) is 2.81. The second-order valence-electron chi connectivity index (χ2n) is 3.77. The van der Waals surface area contributed by atoms with Crippen LogP contribution in [-0.4, -0.2) is 29.0 Å². The first-order valence-corrected chi connectivity index (χ1v) is 6.60. The quantitative estimate of drug-likeness (QED) is 0.755. The molecule has 0 radical (unpaired) electrons. The lowest BCUT2D eigenvalue weighted by atomic mass is 10.3. The zero-order valence-corrected chi connectivity index (χ0v) is 10.9. The van der Waals surface area contributed by atoms with E-state index in [2.05, 4.69) is 20.6 Å². The fraction of sp³-hybridized carbons (Fsp3) is 0.364. The molecule has 0 aliphatic carbocycles. The minimum absolute atomic E-state index is 0.0580. The van der Waals surface area contributed by atoms with Crippen LogP contribution in [0.5, 0.6) is 0 Å². The Morgan fingerprint density at radius 2 is 2.33 bits per heavy atom. The Kier molecular flexibility index (Phi) is 3.93. The molecule has 0 saturated heterocycles. The van der Waals surface area contributed by atoms with E-state index in [4.69, 9.17) is 5.73 Å². The van der Waals surface area contributed by atoms with E-state index in [9.17, 15) is 4.79 Å². The van der Waals surface area contributed by atoms with E-state index in [-0.39, 0.29) is 18.4 Å². The van der Waals surface area contributed by atoms with Gasteiger partial charge >= 0.3 is 0 Å². The van der Waals surface area contributed by atoms with Crippen molar-refractivity contribution in [1.29, 1.82) is 0 Å². The number of fused-ring (bicyclic) bond motifs is 1. The summed E-state index contributed by atoms with van der Waals surface area (Å²) in [5.74, 6) is 0.754. The van der Waals surface area contributed by atoms with Crippen LogP contribution in [0.2, 0.25) is 0 Å².